The van der Waals surface area contributed by atoms with E-state index in [-0.39, 0.29) is 30.1 Å². The molecule has 1 saturated carbocycles. The monoisotopic (exact) mass is 319 g/mol. The summed E-state index contributed by atoms with van der Waals surface area (Å²) in [7, 11) is 0. The molecular weight excluding hydrogens is 297 g/mol. The predicted octanol–water partition coefficient (Wildman–Crippen LogP) is 1.56. The highest BCUT2D eigenvalue weighted by molar-refractivity contribution is 5.92. The zero-order valence-corrected chi connectivity index (χ0v) is 13.3. The van der Waals surface area contributed by atoms with Crippen LogP contribution in [0.25, 0.3) is 0 Å². The maximum Gasteiger partial charge on any atom is 0.238 e. The van der Waals surface area contributed by atoms with Crippen molar-refractivity contribution in [2.24, 2.45) is 11.8 Å². The standard InChI is InChI=1S/C17H22FN3O2/c1-12-9-15(12)17(23)21-7-5-20(6-8-21)11-16(22)19-14-4-2-3-13(18)10-14/h2-4,10,12,15H,5-9,11H2,1H3,(H,19,22)/t12-,15+/m0/s1. The molecule has 1 saturated heterocycles. The highest BCUT2D eigenvalue weighted by Gasteiger charge is 2.41. The second kappa shape index (κ2) is 6.66. The Hall–Kier alpha value is -1.95. The van der Waals surface area contributed by atoms with Gasteiger partial charge in [0.15, 0.2) is 0 Å². The van der Waals surface area contributed by atoms with Gasteiger partial charge in [0.05, 0.1) is 6.54 Å². The normalized spacial score (nSPS) is 24.3. The van der Waals surface area contributed by atoms with Crippen molar-refractivity contribution in [3.63, 3.8) is 0 Å². The molecule has 1 aromatic rings. The molecule has 3 rings (SSSR count). The maximum atomic E-state index is 13.1. The van der Waals surface area contributed by atoms with Crippen molar-refractivity contribution < 1.29 is 14.0 Å². The Kier molecular flexibility index (Phi) is 4.61. The SMILES string of the molecule is C[C@H]1C[C@H]1C(=O)N1CCN(CC(=O)Nc2cccc(F)c2)CC1. The zero-order valence-electron chi connectivity index (χ0n) is 13.3. The van der Waals surface area contributed by atoms with Crippen molar-refractivity contribution in [2.75, 3.05) is 38.0 Å². The molecule has 1 heterocycles. The third-order valence-corrected chi connectivity index (χ3v) is 4.59. The van der Waals surface area contributed by atoms with Crippen molar-refractivity contribution in [3.05, 3.63) is 30.1 Å². The third kappa shape index (κ3) is 4.07. The largest absolute Gasteiger partial charge is 0.340 e. The number of rotatable bonds is 4. The summed E-state index contributed by atoms with van der Waals surface area (Å²) in [5, 5.41) is 2.70. The highest BCUT2D eigenvalue weighted by atomic mass is 19.1. The fourth-order valence-electron chi connectivity index (χ4n) is 3.00. The lowest BCUT2D eigenvalue weighted by molar-refractivity contribution is -0.134. The second-order valence-electron chi connectivity index (χ2n) is 6.48. The van der Waals surface area contributed by atoms with Gasteiger partial charge in [-0.15, -0.1) is 0 Å². The van der Waals surface area contributed by atoms with Gasteiger partial charge in [-0.25, -0.2) is 4.39 Å². The number of carbonyl (C=O) groups is 2. The van der Waals surface area contributed by atoms with Gasteiger partial charge in [-0.05, 0) is 30.5 Å². The first-order valence-electron chi connectivity index (χ1n) is 8.09. The molecule has 0 aromatic heterocycles. The number of carbonyl (C=O) groups excluding carboxylic acids is 2. The van der Waals surface area contributed by atoms with Crippen LogP contribution in [-0.4, -0.2) is 54.3 Å². The number of nitrogens with zero attached hydrogens (tertiary/aromatic N) is 2. The van der Waals surface area contributed by atoms with Crippen molar-refractivity contribution >= 4 is 17.5 Å². The number of amides is 2. The van der Waals surface area contributed by atoms with E-state index in [2.05, 4.69) is 12.2 Å². The summed E-state index contributed by atoms with van der Waals surface area (Å²) in [6, 6.07) is 5.86. The van der Waals surface area contributed by atoms with E-state index in [0.717, 1.165) is 6.42 Å². The Morgan fingerprint density at radius 2 is 1.96 bits per heavy atom. The molecule has 5 nitrogen and oxygen atoms in total. The first kappa shape index (κ1) is 15.9. The van der Waals surface area contributed by atoms with E-state index in [4.69, 9.17) is 0 Å². The Labute approximate surface area is 135 Å². The van der Waals surface area contributed by atoms with E-state index in [1.165, 1.54) is 12.1 Å². The van der Waals surface area contributed by atoms with Gasteiger partial charge in [0.25, 0.3) is 0 Å². The molecule has 1 aliphatic heterocycles. The molecule has 1 aromatic carbocycles. The van der Waals surface area contributed by atoms with Crippen LogP contribution in [0, 0.1) is 17.7 Å². The minimum Gasteiger partial charge on any atom is -0.340 e. The van der Waals surface area contributed by atoms with Gasteiger partial charge in [-0.1, -0.05) is 13.0 Å². The van der Waals surface area contributed by atoms with E-state index >= 15 is 0 Å². The highest BCUT2D eigenvalue weighted by Crippen LogP contribution is 2.39. The Morgan fingerprint density at radius 1 is 1.26 bits per heavy atom. The van der Waals surface area contributed by atoms with Crippen LogP contribution in [0.2, 0.25) is 0 Å². The third-order valence-electron chi connectivity index (χ3n) is 4.59. The van der Waals surface area contributed by atoms with Crippen molar-refractivity contribution in [1.29, 1.82) is 0 Å². The average Bonchev–Trinajstić information content (AvgIpc) is 3.24. The van der Waals surface area contributed by atoms with Crippen LogP contribution < -0.4 is 5.32 Å². The van der Waals surface area contributed by atoms with E-state index in [9.17, 15) is 14.0 Å². The summed E-state index contributed by atoms with van der Waals surface area (Å²) in [6.07, 6.45) is 1.01. The molecule has 0 unspecified atom stereocenters. The van der Waals surface area contributed by atoms with Crippen molar-refractivity contribution in [3.8, 4) is 0 Å². The van der Waals surface area contributed by atoms with Gasteiger partial charge >= 0.3 is 0 Å². The van der Waals surface area contributed by atoms with Gasteiger partial charge in [-0.3, -0.25) is 14.5 Å². The van der Waals surface area contributed by atoms with Crippen molar-refractivity contribution in [1.82, 2.24) is 9.80 Å². The van der Waals surface area contributed by atoms with Crippen LogP contribution in [-0.2, 0) is 9.59 Å². The predicted molar refractivity (Wildman–Crippen MR) is 85.3 cm³/mol. The van der Waals surface area contributed by atoms with Crippen LogP contribution >= 0.6 is 0 Å². The van der Waals surface area contributed by atoms with Crippen LogP contribution in [0.5, 0.6) is 0 Å². The van der Waals surface area contributed by atoms with Crippen LogP contribution in [0.3, 0.4) is 0 Å². The number of hydrogen-bond donors (Lipinski definition) is 1. The molecule has 2 aliphatic rings. The second-order valence-corrected chi connectivity index (χ2v) is 6.48. The Morgan fingerprint density at radius 3 is 2.57 bits per heavy atom. The lowest BCUT2D eigenvalue weighted by Gasteiger charge is -2.34. The number of anilines is 1. The molecule has 2 fully saturated rings. The fourth-order valence-corrected chi connectivity index (χ4v) is 3.00. The fraction of sp³-hybridized carbons (Fsp3) is 0.529. The van der Waals surface area contributed by atoms with Crippen molar-refractivity contribution in [2.45, 2.75) is 13.3 Å². The molecular formula is C17H22FN3O2. The molecule has 6 heteroatoms. The van der Waals surface area contributed by atoms with Gasteiger partial charge in [0.1, 0.15) is 5.82 Å². The van der Waals surface area contributed by atoms with Gasteiger partial charge in [0.2, 0.25) is 11.8 Å². The van der Waals surface area contributed by atoms with E-state index in [1.54, 1.807) is 12.1 Å². The molecule has 0 spiro atoms. The zero-order chi connectivity index (χ0) is 16.4. The van der Waals surface area contributed by atoms with Gasteiger partial charge < -0.3 is 10.2 Å². The van der Waals surface area contributed by atoms with Crippen LogP contribution in [0.4, 0.5) is 10.1 Å². The topological polar surface area (TPSA) is 52.7 Å². The number of halogens is 1. The van der Waals surface area contributed by atoms with E-state index in [1.807, 2.05) is 9.80 Å². The lowest BCUT2D eigenvalue weighted by Crippen LogP contribution is -2.51. The van der Waals surface area contributed by atoms with Gasteiger partial charge in [-0.2, -0.15) is 0 Å². The molecule has 0 radical (unpaired) electrons. The molecule has 2 amide bonds. The van der Waals surface area contributed by atoms with E-state index < -0.39 is 0 Å². The molecule has 23 heavy (non-hydrogen) atoms. The maximum absolute atomic E-state index is 13.1. The summed E-state index contributed by atoms with van der Waals surface area (Å²) in [5.74, 6) is 0.479. The summed E-state index contributed by atoms with van der Waals surface area (Å²) in [6.45, 7) is 5.12. The summed E-state index contributed by atoms with van der Waals surface area (Å²) >= 11 is 0. The first-order valence-corrected chi connectivity index (χ1v) is 8.09. The number of benzene rings is 1. The summed E-state index contributed by atoms with van der Waals surface area (Å²) in [4.78, 5) is 28.1. The average molecular weight is 319 g/mol. The number of piperazine rings is 1. The Bertz CT molecular complexity index is 599. The minimum atomic E-state index is -0.371. The Balaban J connectivity index is 1.43. The lowest BCUT2D eigenvalue weighted by atomic mass is 10.2. The summed E-state index contributed by atoms with van der Waals surface area (Å²) in [5.41, 5.74) is 0.464. The number of nitrogens with one attached hydrogen (secondary N) is 1. The minimum absolute atomic E-state index is 0.161. The molecule has 1 N–H and O–H groups in total. The van der Waals surface area contributed by atoms with Crippen LogP contribution in [0.15, 0.2) is 24.3 Å². The number of hydrogen-bond acceptors (Lipinski definition) is 3. The summed E-state index contributed by atoms with van der Waals surface area (Å²) < 4.78 is 13.1. The van der Waals surface area contributed by atoms with E-state index in [0.29, 0.717) is 37.8 Å². The first-order chi connectivity index (χ1) is 11.0. The van der Waals surface area contributed by atoms with Gasteiger partial charge in [0, 0.05) is 37.8 Å². The van der Waals surface area contributed by atoms with Crippen LogP contribution in [0.1, 0.15) is 13.3 Å². The molecule has 124 valence electrons. The quantitative estimate of drug-likeness (QED) is 0.916. The molecule has 1 aliphatic carbocycles. The molecule has 2 atom stereocenters. The smallest absolute Gasteiger partial charge is 0.238 e. The molecule has 0 bridgehead atoms.